The van der Waals surface area contributed by atoms with Gasteiger partial charge in [0.05, 0.1) is 4.99 Å². The van der Waals surface area contributed by atoms with Crippen molar-refractivity contribution < 1.29 is 9.32 Å². The molecule has 1 heterocycles. The van der Waals surface area contributed by atoms with Gasteiger partial charge >= 0.3 is 0 Å². The molecule has 5 nitrogen and oxygen atoms in total. The van der Waals surface area contributed by atoms with Crippen molar-refractivity contribution >= 4 is 28.8 Å². The number of hydrogen-bond donors (Lipinski definition) is 1. The minimum atomic E-state index is -0.240. The quantitative estimate of drug-likeness (QED) is 0.845. The first kappa shape index (κ1) is 13.2. The van der Waals surface area contributed by atoms with Crippen molar-refractivity contribution in [2.45, 2.75) is 6.42 Å². The van der Waals surface area contributed by atoms with E-state index in [-0.39, 0.29) is 11.6 Å². The Labute approximate surface area is 116 Å². The van der Waals surface area contributed by atoms with Crippen molar-refractivity contribution in [2.75, 3.05) is 11.4 Å². The molecule has 0 spiro atoms. The Morgan fingerprint density at radius 2 is 2.05 bits per heavy atom. The number of anilines is 1. The highest BCUT2D eigenvalue weighted by Gasteiger charge is 2.19. The van der Waals surface area contributed by atoms with E-state index in [0.717, 1.165) is 5.69 Å². The smallest absolute Gasteiger partial charge is 0.280 e. The van der Waals surface area contributed by atoms with Crippen LogP contribution in [0.25, 0.3) is 0 Å². The van der Waals surface area contributed by atoms with Crippen LogP contribution >= 0.6 is 12.2 Å². The average molecular weight is 275 g/mol. The van der Waals surface area contributed by atoms with Gasteiger partial charge in [0.2, 0.25) is 0 Å². The molecular formula is C13H13N3O2S. The third-order valence-corrected chi connectivity index (χ3v) is 2.76. The standard InChI is InChI=1S/C13H13N3O2S/c14-12(19)6-8-16(10-4-2-1-3-5-10)13(17)11-7-9-18-15-11/h1-5,7,9H,6,8H2,(H2,14,19). The Kier molecular flexibility index (Phi) is 4.25. The number of carbonyl (C=O) groups excluding carboxylic acids is 1. The summed E-state index contributed by atoms with van der Waals surface area (Å²) in [4.78, 5) is 14.3. The maximum atomic E-state index is 12.3. The molecule has 98 valence electrons. The van der Waals surface area contributed by atoms with Crippen LogP contribution < -0.4 is 10.6 Å². The van der Waals surface area contributed by atoms with Gasteiger partial charge in [0.15, 0.2) is 5.69 Å². The number of aromatic nitrogens is 1. The van der Waals surface area contributed by atoms with Crippen LogP contribution in [0.5, 0.6) is 0 Å². The van der Waals surface area contributed by atoms with Crippen LogP contribution in [0.3, 0.4) is 0 Å². The van der Waals surface area contributed by atoms with Gasteiger partial charge in [-0.15, -0.1) is 0 Å². The topological polar surface area (TPSA) is 72.4 Å². The van der Waals surface area contributed by atoms with E-state index >= 15 is 0 Å². The van der Waals surface area contributed by atoms with Crippen molar-refractivity contribution in [2.24, 2.45) is 5.73 Å². The lowest BCUT2D eigenvalue weighted by molar-refractivity contribution is 0.0979. The number of thiocarbonyl (C=S) groups is 1. The van der Waals surface area contributed by atoms with Crippen molar-refractivity contribution in [1.82, 2.24) is 5.16 Å². The van der Waals surface area contributed by atoms with E-state index in [1.54, 1.807) is 4.90 Å². The number of amides is 1. The van der Waals surface area contributed by atoms with Crippen molar-refractivity contribution in [3.63, 3.8) is 0 Å². The second-order valence-electron chi connectivity index (χ2n) is 3.89. The average Bonchev–Trinajstić information content (AvgIpc) is 2.93. The van der Waals surface area contributed by atoms with Gasteiger partial charge in [-0.25, -0.2) is 0 Å². The number of hydrogen-bond acceptors (Lipinski definition) is 4. The maximum absolute atomic E-state index is 12.3. The van der Waals surface area contributed by atoms with Crippen LogP contribution in [0.4, 0.5) is 5.69 Å². The molecule has 2 aromatic rings. The van der Waals surface area contributed by atoms with Gasteiger partial charge in [0.1, 0.15) is 6.26 Å². The molecule has 0 radical (unpaired) electrons. The van der Waals surface area contributed by atoms with Gasteiger partial charge in [-0.1, -0.05) is 35.6 Å². The largest absolute Gasteiger partial charge is 0.393 e. The fourth-order valence-corrected chi connectivity index (χ4v) is 1.73. The molecule has 1 amide bonds. The van der Waals surface area contributed by atoms with Gasteiger partial charge < -0.3 is 15.2 Å². The van der Waals surface area contributed by atoms with Crippen molar-refractivity contribution in [3.8, 4) is 0 Å². The van der Waals surface area contributed by atoms with Crippen LogP contribution in [-0.4, -0.2) is 22.6 Å². The second-order valence-corrected chi connectivity index (χ2v) is 4.42. The molecule has 6 heteroatoms. The highest BCUT2D eigenvalue weighted by molar-refractivity contribution is 7.80. The molecule has 0 bridgehead atoms. The maximum Gasteiger partial charge on any atom is 0.280 e. The summed E-state index contributed by atoms with van der Waals surface area (Å²) < 4.78 is 4.70. The predicted octanol–water partition coefficient (Wildman–Crippen LogP) is 2.00. The third kappa shape index (κ3) is 3.38. The summed E-state index contributed by atoms with van der Waals surface area (Å²) in [7, 11) is 0. The normalized spacial score (nSPS) is 10.1. The lowest BCUT2D eigenvalue weighted by atomic mass is 10.2. The van der Waals surface area contributed by atoms with Gasteiger partial charge in [-0.2, -0.15) is 0 Å². The molecule has 0 unspecified atom stereocenters. The molecule has 0 aliphatic heterocycles. The zero-order valence-corrected chi connectivity index (χ0v) is 11.0. The fraction of sp³-hybridized carbons (Fsp3) is 0.154. The first-order valence-electron chi connectivity index (χ1n) is 5.74. The molecule has 2 rings (SSSR count). The van der Waals surface area contributed by atoms with E-state index in [1.807, 2.05) is 30.3 Å². The third-order valence-electron chi connectivity index (χ3n) is 2.55. The summed E-state index contributed by atoms with van der Waals surface area (Å²) in [6.45, 7) is 0.408. The highest BCUT2D eigenvalue weighted by Crippen LogP contribution is 2.16. The molecule has 2 N–H and O–H groups in total. The molecule has 0 fully saturated rings. The van der Waals surface area contributed by atoms with Gasteiger partial charge in [-0.3, -0.25) is 4.79 Å². The Balaban J connectivity index is 2.24. The number of carbonyl (C=O) groups is 1. The number of benzene rings is 1. The summed E-state index contributed by atoms with van der Waals surface area (Å²) >= 11 is 4.86. The Bertz CT molecular complexity index is 555. The summed E-state index contributed by atoms with van der Waals surface area (Å²) in [5.41, 5.74) is 6.52. The first-order valence-corrected chi connectivity index (χ1v) is 6.15. The summed E-state index contributed by atoms with van der Waals surface area (Å²) in [5, 5.41) is 3.66. The Hall–Kier alpha value is -2.21. The molecule has 0 saturated carbocycles. The SMILES string of the molecule is NC(=S)CCN(C(=O)c1ccon1)c1ccccc1. The molecule has 19 heavy (non-hydrogen) atoms. The predicted molar refractivity (Wildman–Crippen MR) is 76.0 cm³/mol. The highest BCUT2D eigenvalue weighted by atomic mass is 32.1. The summed E-state index contributed by atoms with van der Waals surface area (Å²) in [6.07, 6.45) is 1.82. The Morgan fingerprint density at radius 1 is 1.32 bits per heavy atom. The molecular weight excluding hydrogens is 262 g/mol. The van der Waals surface area contributed by atoms with Crippen molar-refractivity contribution in [3.05, 3.63) is 48.4 Å². The molecule has 1 aromatic heterocycles. The van der Waals surface area contributed by atoms with E-state index < -0.39 is 0 Å². The lowest BCUT2D eigenvalue weighted by Gasteiger charge is -2.21. The molecule has 0 aliphatic carbocycles. The number of rotatable bonds is 5. The van der Waals surface area contributed by atoms with Gasteiger partial charge in [-0.05, 0) is 12.1 Å². The Morgan fingerprint density at radius 3 is 2.63 bits per heavy atom. The molecule has 1 aromatic carbocycles. The van der Waals surface area contributed by atoms with Gasteiger partial charge in [0.25, 0.3) is 5.91 Å². The summed E-state index contributed by atoms with van der Waals surface area (Å²) in [6, 6.07) is 10.8. The van der Waals surface area contributed by atoms with E-state index in [0.29, 0.717) is 18.0 Å². The second kappa shape index (κ2) is 6.10. The zero-order valence-electron chi connectivity index (χ0n) is 10.2. The van der Waals surface area contributed by atoms with Crippen LogP contribution in [-0.2, 0) is 0 Å². The van der Waals surface area contributed by atoms with Crippen LogP contribution in [0.15, 0.2) is 47.2 Å². The minimum absolute atomic E-state index is 0.240. The van der Waals surface area contributed by atoms with Crippen LogP contribution in [0.1, 0.15) is 16.9 Å². The molecule has 0 saturated heterocycles. The van der Waals surface area contributed by atoms with E-state index in [1.165, 1.54) is 12.3 Å². The van der Waals surface area contributed by atoms with Crippen molar-refractivity contribution in [1.29, 1.82) is 0 Å². The van der Waals surface area contributed by atoms with E-state index in [9.17, 15) is 4.79 Å². The fourth-order valence-electron chi connectivity index (χ4n) is 1.64. The zero-order chi connectivity index (χ0) is 13.7. The monoisotopic (exact) mass is 275 g/mol. The van der Waals surface area contributed by atoms with Gasteiger partial charge in [0, 0.05) is 24.7 Å². The minimum Gasteiger partial charge on any atom is -0.393 e. The number of nitrogens with zero attached hydrogens (tertiary/aromatic N) is 2. The first-order chi connectivity index (χ1) is 9.18. The number of para-hydroxylation sites is 1. The van der Waals surface area contributed by atoms with E-state index in [4.69, 9.17) is 22.5 Å². The molecule has 0 atom stereocenters. The molecule has 0 aliphatic rings. The number of nitrogens with two attached hydrogens (primary N) is 1. The van der Waals surface area contributed by atoms with E-state index in [2.05, 4.69) is 5.16 Å². The van der Waals surface area contributed by atoms with Crippen LogP contribution in [0.2, 0.25) is 0 Å². The lowest BCUT2D eigenvalue weighted by Crippen LogP contribution is -2.34. The summed E-state index contributed by atoms with van der Waals surface area (Å²) in [5.74, 6) is -0.240. The van der Waals surface area contributed by atoms with Crippen LogP contribution in [0, 0.1) is 0 Å².